The number of rotatable bonds is 5. The lowest BCUT2D eigenvalue weighted by atomic mass is 10.1. The van der Waals surface area contributed by atoms with E-state index in [1.807, 2.05) is 116 Å². The fourth-order valence-electron chi connectivity index (χ4n) is 3.71. The number of nitrogens with one attached hydrogen (secondary N) is 2. The van der Waals surface area contributed by atoms with Gasteiger partial charge in [-0.2, -0.15) is 0 Å². The van der Waals surface area contributed by atoms with Crippen LogP contribution in [0.4, 0.5) is 11.4 Å². The number of halogens is 1. The molecule has 0 atom stereocenters. The first-order valence-corrected chi connectivity index (χ1v) is 12.9. The molecule has 5 rings (SSSR count). The van der Waals surface area contributed by atoms with E-state index in [4.69, 9.17) is 0 Å². The van der Waals surface area contributed by atoms with Gasteiger partial charge in [-0.1, -0.05) is 64.5 Å². The number of anilines is 2. The van der Waals surface area contributed by atoms with Crippen LogP contribution in [0.25, 0.3) is 5.69 Å². The largest absolute Gasteiger partial charge is 0.324 e. The molecule has 0 unspecified atom stereocenters. The summed E-state index contributed by atoms with van der Waals surface area (Å²) in [7, 11) is 0. The van der Waals surface area contributed by atoms with E-state index in [9.17, 15) is 9.59 Å². The quantitative estimate of drug-likeness (QED) is 0.226. The number of hydrogen-bond donors (Lipinski definition) is 2. The van der Waals surface area contributed by atoms with Crippen molar-refractivity contribution in [3.63, 3.8) is 0 Å². The molecule has 0 spiro atoms. The van der Waals surface area contributed by atoms with E-state index in [2.05, 4.69) is 26.6 Å². The van der Waals surface area contributed by atoms with Gasteiger partial charge in [0.2, 0.25) is 0 Å². The highest BCUT2D eigenvalue weighted by atomic mass is 79.9. The average Bonchev–Trinajstić information content (AvgIpc) is 3.48. The van der Waals surface area contributed by atoms with E-state index in [0.29, 0.717) is 11.1 Å². The minimum atomic E-state index is -0.0941. The molecule has 2 N–H and O–H groups in total. The van der Waals surface area contributed by atoms with Crippen molar-refractivity contribution in [2.75, 3.05) is 10.6 Å². The first-order valence-electron chi connectivity index (χ1n) is 12.1. The Labute approximate surface area is 231 Å². The van der Waals surface area contributed by atoms with E-state index in [1.165, 1.54) is 0 Å². The summed E-state index contributed by atoms with van der Waals surface area (Å²) in [5.74, 6) is -0.185. The number of nitrogens with zero attached hydrogens (tertiary/aromatic N) is 1. The summed E-state index contributed by atoms with van der Waals surface area (Å²) in [6, 6.07) is 34.2. The van der Waals surface area contributed by atoms with Crippen LogP contribution in [0.15, 0.2) is 126 Å². The van der Waals surface area contributed by atoms with Crippen LogP contribution < -0.4 is 10.6 Å². The molecule has 0 bridgehead atoms. The maximum absolute atomic E-state index is 12.2. The summed E-state index contributed by atoms with van der Waals surface area (Å²) < 4.78 is 2.96. The van der Waals surface area contributed by atoms with E-state index < -0.39 is 0 Å². The lowest BCUT2D eigenvalue weighted by Gasteiger charge is -2.11. The van der Waals surface area contributed by atoms with Crippen molar-refractivity contribution < 1.29 is 9.59 Å². The molecule has 0 aliphatic heterocycles. The number of carbonyl (C=O) groups excluding carboxylic acids is 2. The van der Waals surface area contributed by atoms with Crippen LogP contribution in [0.2, 0.25) is 0 Å². The molecular weight excluding hydrogens is 538 g/mol. The smallest absolute Gasteiger partial charge is 0.255 e. The van der Waals surface area contributed by atoms with Gasteiger partial charge in [0.15, 0.2) is 0 Å². The van der Waals surface area contributed by atoms with Crippen molar-refractivity contribution in [2.45, 2.75) is 13.8 Å². The molecule has 2 amide bonds. The zero-order chi connectivity index (χ0) is 26.9. The fraction of sp³-hybridized carbons (Fsp3) is 0.0625. The zero-order valence-corrected chi connectivity index (χ0v) is 22.8. The van der Waals surface area contributed by atoms with Crippen LogP contribution in [0.3, 0.4) is 0 Å². The maximum atomic E-state index is 12.2. The van der Waals surface area contributed by atoms with Crippen LogP contribution in [0.5, 0.6) is 0 Å². The van der Waals surface area contributed by atoms with Crippen LogP contribution in [-0.2, 0) is 0 Å². The number of carbonyl (C=O) groups is 2. The summed E-state index contributed by atoms with van der Waals surface area (Å²) in [4.78, 5) is 24.2. The van der Waals surface area contributed by atoms with E-state index in [-0.39, 0.29) is 11.8 Å². The summed E-state index contributed by atoms with van der Waals surface area (Å²) in [6.45, 7) is 3.95. The monoisotopic (exact) mass is 565 g/mol. The predicted molar refractivity (Wildman–Crippen MR) is 158 cm³/mol. The minimum absolute atomic E-state index is 0.0909. The van der Waals surface area contributed by atoms with Gasteiger partial charge < -0.3 is 15.2 Å². The summed E-state index contributed by atoms with van der Waals surface area (Å²) in [6.07, 6.45) is 3.96. The minimum Gasteiger partial charge on any atom is -0.324 e. The highest BCUT2D eigenvalue weighted by Gasteiger charge is 2.09. The highest BCUT2D eigenvalue weighted by Crippen LogP contribution is 2.22. The SMILES string of the molecule is Cc1ccc(-n2cccc2)cc1NC(=O)c1ccccc1.Cc1ccc(Br)cc1NC(=O)c1ccccc1. The molecule has 1 aromatic heterocycles. The lowest BCUT2D eigenvalue weighted by molar-refractivity contribution is 0.101. The summed E-state index contributed by atoms with van der Waals surface area (Å²) in [5, 5.41) is 5.87. The molecule has 38 heavy (non-hydrogen) atoms. The third-order valence-electron chi connectivity index (χ3n) is 5.89. The Hall–Kier alpha value is -4.42. The number of benzene rings is 4. The van der Waals surface area contributed by atoms with Gasteiger partial charge in [0, 0.05) is 45.1 Å². The summed E-state index contributed by atoms with van der Waals surface area (Å²) in [5.41, 5.74) is 6.07. The third-order valence-corrected chi connectivity index (χ3v) is 6.38. The van der Waals surface area contributed by atoms with Crippen molar-refractivity contribution in [1.29, 1.82) is 0 Å². The number of hydrogen-bond acceptors (Lipinski definition) is 2. The Bertz CT molecular complexity index is 1520. The molecule has 5 aromatic rings. The Kier molecular flexibility index (Phi) is 8.90. The summed E-state index contributed by atoms with van der Waals surface area (Å²) >= 11 is 3.39. The second-order valence-corrected chi connectivity index (χ2v) is 9.60. The van der Waals surface area contributed by atoms with Gasteiger partial charge in [0.05, 0.1) is 0 Å². The van der Waals surface area contributed by atoms with Crippen molar-refractivity contribution in [2.24, 2.45) is 0 Å². The Balaban J connectivity index is 0.000000181. The average molecular weight is 566 g/mol. The molecule has 0 radical (unpaired) electrons. The van der Waals surface area contributed by atoms with Gasteiger partial charge in [0.1, 0.15) is 0 Å². The van der Waals surface area contributed by atoms with Crippen molar-refractivity contribution in [3.8, 4) is 5.69 Å². The molecule has 0 aliphatic carbocycles. The van der Waals surface area contributed by atoms with Crippen LogP contribution in [-0.4, -0.2) is 16.4 Å². The van der Waals surface area contributed by atoms with Crippen molar-refractivity contribution >= 4 is 39.1 Å². The predicted octanol–water partition coefficient (Wildman–Crippen LogP) is 8.05. The first-order chi connectivity index (χ1) is 18.4. The molecule has 1 heterocycles. The molecule has 0 fully saturated rings. The van der Waals surface area contributed by atoms with E-state index in [0.717, 1.165) is 32.7 Å². The van der Waals surface area contributed by atoms with Crippen molar-refractivity contribution in [1.82, 2.24) is 4.57 Å². The molecule has 5 nitrogen and oxygen atoms in total. The molecule has 190 valence electrons. The first kappa shape index (κ1) is 26.6. The normalized spacial score (nSPS) is 10.2. The molecular formula is C32H28BrN3O2. The Morgan fingerprint density at radius 1 is 0.605 bits per heavy atom. The van der Waals surface area contributed by atoms with E-state index >= 15 is 0 Å². The second kappa shape index (κ2) is 12.7. The van der Waals surface area contributed by atoms with E-state index in [1.54, 1.807) is 24.3 Å². The van der Waals surface area contributed by atoms with Gasteiger partial charge in [-0.05, 0) is 85.6 Å². The van der Waals surface area contributed by atoms with Crippen molar-refractivity contribution in [3.05, 3.63) is 148 Å². The van der Waals surface area contributed by atoms with Gasteiger partial charge >= 0.3 is 0 Å². The second-order valence-electron chi connectivity index (χ2n) is 8.69. The molecule has 6 heteroatoms. The van der Waals surface area contributed by atoms with Crippen LogP contribution in [0.1, 0.15) is 31.8 Å². The molecule has 0 saturated heterocycles. The topological polar surface area (TPSA) is 63.1 Å². The number of aromatic nitrogens is 1. The maximum Gasteiger partial charge on any atom is 0.255 e. The Morgan fingerprint density at radius 3 is 1.61 bits per heavy atom. The highest BCUT2D eigenvalue weighted by molar-refractivity contribution is 9.10. The number of aryl methyl sites for hydroxylation is 2. The van der Waals surface area contributed by atoms with Gasteiger partial charge in [-0.15, -0.1) is 0 Å². The van der Waals surface area contributed by atoms with Gasteiger partial charge in [-0.25, -0.2) is 0 Å². The third kappa shape index (κ3) is 7.08. The van der Waals surface area contributed by atoms with Crippen LogP contribution in [0, 0.1) is 13.8 Å². The number of amides is 2. The molecule has 0 aliphatic rings. The fourth-order valence-corrected chi connectivity index (χ4v) is 4.07. The zero-order valence-electron chi connectivity index (χ0n) is 21.2. The molecule has 0 saturated carbocycles. The standard InChI is InChI=1S/C18H16N2O.C14H12BrNO/c1-14-9-10-16(20-11-5-6-12-20)13-17(14)19-18(21)15-7-3-2-4-8-15;1-10-7-8-12(15)9-13(10)16-14(17)11-5-3-2-4-6-11/h2-13H,1H3,(H,19,21);2-9H,1H3,(H,16,17). The lowest BCUT2D eigenvalue weighted by Crippen LogP contribution is -2.12. The Morgan fingerprint density at radius 2 is 1.08 bits per heavy atom. The molecule has 4 aromatic carbocycles. The van der Waals surface area contributed by atoms with Crippen LogP contribution >= 0.6 is 15.9 Å². The van der Waals surface area contributed by atoms with Gasteiger partial charge in [-0.3, -0.25) is 9.59 Å². The van der Waals surface area contributed by atoms with Gasteiger partial charge in [0.25, 0.3) is 11.8 Å².